The third-order valence-corrected chi connectivity index (χ3v) is 5.43. The first kappa shape index (κ1) is 16.5. The van der Waals surface area contributed by atoms with E-state index in [0.717, 1.165) is 5.69 Å². The van der Waals surface area contributed by atoms with Gasteiger partial charge >= 0.3 is 0 Å². The van der Waals surface area contributed by atoms with Gasteiger partial charge < -0.3 is 10.2 Å². The van der Waals surface area contributed by atoms with Crippen LogP contribution in [0.5, 0.6) is 0 Å². The summed E-state index contributed by atoms with van der Waals surface area (Å²) in [6, 6.07) is 3.20. The molecule has 1 aromatic rings. The number of nitrogens with zero attached hydrogens (tertiary/aromatic N) is 2. The minimum atomic E-state index is -3.02. The van der Waals surface area contributed by atoms with Crippen molar-refractivity contribution >= 4 is 21.4 Å². The van der Waals surface area contributed by atoms with Crippen molar-refractivity contribution in [3.63, 3.8) is 0 Å². The van der Waals surface area contributed by atoms with Gasteiger partial charge in [-0.2, -0.15) is 0 Å². The quantitative estimate of drug-likeness (QED) is 0.799. The molecule has 7 heteroatoms. The minimum Gasteiger partial charge on any atom is -0.381 e. The topological polar surface area (TPSA) is 79.4 Å². The van der Waals surface area contributed by atoms with Gasteiger partial charge in [-0.3, -0.25) is 9.78 Å². The second-order valence-corrected chi connectivity index (χ2v) is 7.48. The summed E-state index contributed by atoms with van der Waals surface area (Å²) < 4.78 is 23.2. The highest BCUT2D eigenvalue weighted by atomic mass is 32.2. The Hall–Kier alpha value is -1.89. The Bertz CT molecular complexity index is 658. The summed E-state index contributed by atoms with van der Waals surface area (Å²) in [6.07, 6.45) is 3.79. The van der Waals surface area contributed by atoms with E-state index in [4.69, 9.17) is 0 Å². The average molecular weight is 323 g/mol. The highest BCUT2D eigenvalue weighted by Gasteiger charge is 2.34. The van der Waals surface area contributed by atoms with E-state index in [1.165, 1.54) is 0 Å². The number of rotatable bonds is 6. The predicted octanol–water partition coefficient (Wildman–Crippen LogP) is 1.33. The first-order chi connectivity index (χ1) is 10.5. The molecule has 0 saturated carbocycles. The number of hydrogen-bond acceptors (Lipinski definition) is 5. The van der Waals surface area contributed by atoms with Crippen molar-refractivity contribution in [2.45, 2.75) is 19.4 Å². The van der Waals surface area contributed by atoms with Gasteiger partial charge in [0.15, 0.2) is 9.84 Å². The molecule has 120 valence electrons. The number of carbonyl (C=O) groups is 1. The minimum absolute atomic E-state index is 0.0426. The number of hydrogen-bond donors (Lipinski definition) is 1. The summed E-state index contributed by atoms with van der Waals surface area (Å²) in [7, 11) is -3.02. The van der Waals surface area contributed by atoms with Gasteiger partial charge in [0, 0.05) is 31.0 Å². The van der Waals surface area contributed by atoms with Gasteiger partial charge in [0.1, 0.15) is 5.69 Å². The summed E-state index contributed by atoms with van der Waals surface area (Å²) in [4.78, 5) is 18.3. The van der Waals surface area contributed by atoms with Crippen LogP contribution in [-0.4, -0.2) is 54.8 Å². The number of anilines is 1. The molecule has 0 spiro atoms. The molecule has 22 heavy (non-hydrogen) atoms. The number of carbonyl (C=O) groups excluding carboxylic acids is 1. The zero-order valence-electron chi connectivity index (χ0n) is 12.7. The summed E-state index contributed by atoms with van der Waals surface area (Å²) in [5, 5.41) is 3.10. The number of sulfone groups is 1. The van der Waals surface area contributed by atoms with Crippen LogP contribution >= 0.6 is 0 Å². The Kier molecular flexibility index (Phi) is 5.18. The summed E-state index contributed by atoms with van der Waals surface area (Å²) in [6.45, 7) is 6.54. The molecule has 0 radical (unpaired) electrons. The maximum atomic E-state index is 12.6. The normalized spacial score (nSPS) is 19.6. The lowest BCUT2D eigenvalue weighted by Crippen LogP contribution is -2.41. The lowest BCUT2D eigenvalue weighted by molar-refractivity contribution is 0.0702. The van der Waals surface area contributed by atoms with Gasteiger partial charge in [0.2, 0.25) is 0 Å². The lowest BCUT2D eigenvalue weighted by Gasteiger charge is -2.26. The van der Waals surface area contributed by atoms with E-state index < -0.39 is 9.84 Å². The fourth-order valence-electron chi connectivity index (χ4n) is 2.58. The third-order valence-electron chi connectivity index (χ3n) is 3.68. The molecule has 1 amide bonds. The molecule has 1 aromatic heterocycles. The Morgan fingerprint density at radius 2 is 2.36 bits per heavy atom. The van der Waals surface area contributed by atoms with Crippen molar-refractivity contribution in [3.05, 3.63) is 36.7 Å². The van der Waals surface area contributed by atoms with Crippen LogP contribution in [0.1, 0.15) is 23.8 Å². The van der Waals surface area contributed by atoms with Gasteiger partial charge in [0.05, 0.1) is 11.5 Å². The number of pyridine rings is 1. The first-order valence-corrected chi connectivity index (χ1v) is 9.11. The fourth-order valence-corrected chi connectivity index (χ4v) is 4.31. The van der Waals surface area contributed by atoms with Crippen LogP contribution in [0.15, 0.2) is 31.0 Å². The zero-order valence-corrected chi connectivity index (χ0v) is 13.5. The Balaban J connectivity index is 2.16. The number of aromatic nitrogens is 1. The van der Waals surface area contributed by atoms with Crippen molar-refractivity contribution in [1.29, 1.82) is 0 Å². The molecule has 2 heterocycles. The zero-order chi connectivity index (χ0) is 16.2. The average Bonchev–Trinajstić information content (AvgIpc) is 2.86. The Labute approximate surface area is 131 Å². The van der Waals surface area contributed by atoms with Crippen LogP contribution < -0.4 is 5.32 Å². The van der Waals surface area contributed by atoms with Crippen LogP contribution in [0.25, 0.3) is 0 Å². The molecule has 0 aliphatic carbocycles. The molecule has 1 saturated heterocycles. The van der Waals surface area contributed by atoms with E-state index in [1.807, 2.05) is 6.92 Å². The standard InChI is InChI=1S/C15H21N3O3S/c1-3-7-16-12-5-8-17-14(10-12)15(19)18(4-2)13-6-9-22(20,21)11-13/h3,5,8,10,13H,1,4,6-7,9,11H2,2H3,(H,16,17). The second kappa shape index (κ2) is 6.91. The van der Waals surface area contributed by atoms with E-state index in [1.54, 1.807) is 29.3 Å². The van der Waals surface area contributed by atoms with Gasteiger partial charge in [-0.05, 0) is 25.5 Å². The van der Waals surface area contributed by atoms with Crippen LogP contribution in [0.4, 0.5) is 5.69 Å². The van der Waals surface area contributed by atoms with Crippen molar-refractivity contribution < 1.29 is 13.2 Å². The molecule has 1 unspecified atom stereocenters. The van der Waals surface area contributed by atoms with Gasteiger partial charge in [-0.15, -0.1) is 6.58 Å². The van der Waals surface area contributed by atoms with Crippen molar-refractivity contribution in [2.75, 3.05) is 29.9 Å². The van der Waals surface area contributed by atoms with E-state index in [2.05, 4.69) is 16.9 Å². The smallest absolute Gasteiger partial charge is 0.272 e. The van der Waals surface area contributed by atoms with E-state index >= 15 is 0 Å². The highest BCUT2D eigenvalue weighted by Crippen LogP contribution is 2.20. The first-order valence-electron chi connectivity index (χ1n) is 7.29. The largest absolute Gasteiger partial charge is 0.381 e. The molecule has 1 aliphatic heterocycles. The molecular weight excluding hydrogens is 302 g/mol. The lowest BCUT2D eigenvalue weighted by atomic mass is 10.2. The molecule has 1 atom stereocenters. The predicted molar refractivity (Wildman–Crippen MR) is 86.7 cm³/mol. The van der Waals surface area contributed by atoms with Crippen LogP contribution in [0.2, 0.25) is 0 Å². The summed E-state index contributed by atoms with van der Waals surface area (Å²) in [5.41, 5.74) is 1.11. The van der Waals surface area contributed by atoms with Crippen molar-refractivity contribution in [1.82, 2.24) is 9.88 Å². The second-order valence-electron chi connectivity index (χ2n) is 5.25. The molecule has 1 fully saturated rings. The van der Waals surface area contributed by atoms with E-state index in [0.29, 0.717) is 25.2 Å². The van der Waals surface area contributed by atoms with Gasteiger partial charge in [-0.1, -0.05) is 6.08 Å². The van der Waals surface area contributed by atoms with E-state index in [9.17, 15) is 13.2 Å². The molecule has 1 aliphatic rings. The molecule has 0 bridgehead atoms. The molecule has 1 N–H and O–H groups in total. The molecule has 6 nitrogen and oxygen atoms in total. The van der Waals surface area contributed by atoms with Crippen molar-refractivity contribution in [2.24, 2.45) is 0 Å². The van der Waals surface area contributed by atoms with Crippen LogP contribution in [-0.2, 0) is 9.84 Å². The maximum absolute atomic E-state index is 12.6. The monoisotopic (exact) mass is 323 g/mol. The number of nitrogens with one attached hydrogen (secondary N) is 1. The Morgan fingerprint density at radius 1 is 1.59 bits per heavy atom. The molecule has 0 aromatic carbocycles. The van der Waals surface area contributed by atoms with Crippen molar-refractivity contribution in [3.8, 4) is 0 Å². The van der Waals surface area contributed by atoms with Crippen LogP contribution in [0.3, 0.4) is 0 Å². The summed E-state index contributed by atoms with van der Waals surface area (Å²) >= 11 is 0. The van der Waals surface area contributed by atoms with E-state index in [-0.39, 0.29) is 23.5 Å². The third kappa shape index (κ3) is 3.85. The maximum Gasteiger partial charge on any atom is 0.272 e. The van der Waals surface area contributed by atoms with Crippen LogP contribution in [0, 0.1) is 0 Å². The van der Waals surface area contributed by atoms with Gasteiger partial charge in [0.25, 0.3) is 5.91 Å². The Morgan fingerprint density at radius 3 is 2.95 bits per heavy atom. The fraction of sp³-hybridized carbons (Fsp3) is 0.467. The molecule has 2 rings (SSSR count). The molecular formula is C15H21N3O3S. The van der Waals surface area contributed by atoms with Gasteiger partial charge in [-0.25, -0.2) is 8.42 Å². The summed E-state index contributed by atoms with van der Waals surface area (Å²) in [5.74, 6) is -0.0385. The highest BCUT2D eigenvalue weighted by molar-refractivity contribution is 7.91. The number of amides is 1. The SMILES string of the molecule is C=CCNc1ccnc(C(=O)N(CC)C2CCS(=O)(=O)C2)c1.